The highest BCUT2D eigenvalue weighted by Gasteiger charge is 2.27. The number of hydrogen-bond donors (Lipinski definition) is 2. The molecule has 5 nitrogen and oxygen atoms in total. The van der Waals surface area contributed by atoms with E-state index in [-0.39, 0.29) is 11.8 Å². The van der Waals surface area contributed by atoms with Crippen molar-refractivity contribution in [2.24, 2.45) is 0 Å². The van der Waals surface area contributed by atoms with E-state index in [1.54, 1.807) is 11.4 Å². The van der Waals surface area contributed by atoms with Crippen molar-refractivity contribution < 1.29 is 8.42 Å². The number of piperidine rings is 1. The van der Waals surface area contributed by atoms with Gasteiger partial charge in [0.1, 0.15) is 0 Å². The molecule has 0 aromatic carbocycles. The van der Waals surface area contributed by atoms with Crippen molar-refractivity contribution in [3.05, 3.63) is 0 Å². The zero-order valence-electron chi connectivity index (χ0n) is 10.4. The molecule has 0 radical (unpaired) electrons. The van der Waals surface area contributed by atoms with Gasteiger partial charge in [-0.25, -0.2) is 12.7 Å². The summed E-state index contributed by atoms with van der Waals surface area (Å²) in [6, 6.07) is 0.281. The fourth-order valence-electron chi connectivity index (χ4n) is 1.92. The third-order valence-electron chi connectivity index (χ3n) is 2.87. The molecule has 17 heavy (non-hydrogen) atoms. The highest BCUT2D eigenvalue weighted by molar-refractivity contribution is 7.89. The highest BCUT2D eigenvalue weighted by atomic mass is 32.2. The monoisotopic (exact) mass is 279 g/mol. The summed E-state index contributed by atoms with van der Waals surface area (Å²) in [6.45, 7) is 3.07. The standard InChI is InChI=1S/C10H21N3O2S2/c1-3-8-17(14,15)13-6-4-9(5-7-13)12-10(16)11-2/h9H,3-8H2,1-2H3,(H2,11,12,16). The van der Waals surface area contributed by atoms with E-state index in [0.29, 0.717) is 24.6 Å². The number of thiocarbonyl (C=S) groups is 1. The molecule has 0 aliphatic carbocycles. The molecule has 0 saturated carbocycles. The van der Waals surface area contributed by atoms with E-state index < -0.39 is 10.0 Å². The summed E-state index contributed by atoms with van der Waals surface area (Å²) in [5.41, 5.74) is 0. The molecule has 1 rings (SSSR count). The van der Waals surface area contributed by atoms with E-state index in [1.165, 1.54) is 0 Å². The van der Waals surface area contributed by atoms with Gasteiger partial charge in [-0.05, 0) is 31.5 Å². The topological polar surface area (TPSA) is 61.4 Å². The van der Waals surface area contributed by atoms with Crippen LogP contribution in [0.2, 0.25) is 0 Å². The molecular weight excluding hydrogens is 258 g/mol. The smallest absolute Gasteiger partial charge is 0.214 e. The Labute approximate surface area is 109 Å². The second kappa shape index (κ2) is 6.51. The van der Waals surface area contributed by atoms with Gasteiger partial charge in [0.2, 0.25) is 10.0 Å². The van der Waals surface area contributed by atoms with E-state index >= 15 is 0 Å². The number of nitrogens with one attached hydrogen (secondary N) is 2. The maximum absolute atomic E-state index is 11.8. The van der Waals surface area contributed by atoms with Crippen molar-refractivity contribution in [3.63, 3.8) is 0 Å². The molecule has 1 aliphatic rings. The van der Waals surface area contributed by atoms with Gasteiger partial charge in [0, 0.05) is 26.2 Å². The van der Waals surface area contributed by atoms with Gasteiger partial charge in [0.15, 0.2) is 5.11 Å². The van der Waals surface area contributed by atoms with E-state index in [0.717, 1.165) is 12.8 Å². The van der Waals surface area contributed by atoms with Gasteiger partial charge < -0.3 is 10.6 Å². The third-order valence-corrected chi connectivity index (χ3v) is 5.27. The Morgan fingerprint density at radius 1 is 1.41 bits per heavy atom. The van der Waals surface area contributed by atoms with Gasteiger partial charge in [-0.2, -0.15) is 0 Å². The molecule has 1 fully saturated rings. The molecule has 0 amide bonds. The van der Waals surface area contributed by atoms with Crippen molar-refractivity contribution in [1.29, 1.82) is 0 Å². The lowest BCUT2D eigenvalue weighted by atomic mass is 10.1. The minimum absolute atomic E-state index is 0.250. The van der Waals surface area contributed by atoms with Gasteiger partial charge in [-0.15, -0.1) is 0 Å². The summed E-state index contributed by atoms with van der Waals surface area (Å²) in [7, 11) is -1.26. The molecule has 0 atom stereocenters. The van der Waals surface area contributed by atoms with Crippen LogP contribution in [-0.4, -0.2) is 49.8 Å². The lowest BCUT2D eigenvalue weighted by molar-refractivity contribution is 0.307. The largest absolute Gasteiger partial charge is 0.366 e. The van der Waals surface area contributed by atoms with Gasteiger partial charge in [-0.1, -0.05) is 6.92 Å². The van der Waals surface area contributed by atoms with Crippen LogP contribution in [0.5, 0.6) is 0 Å². The molecule has 7 heteroatoms. The second-order valence-electron chi connectivity index (χ2n) is 4.21. The highest BCUT2D eigenvalue weighted by Crippen LogP contribution is 2.14. The summed E-state index contributed by atoms with van der Waals surface area (Å²) in [5, 5.41) is 6.66. The molecule has 0 unspecified atom stereocenters. The van der Waals surface area contributed by atoms with Crippen molar-refractivity contribution in [2.45, 2.75) is 32.2 Å². The molecule has 0 aromatic rings. The van der Waals surface area contributed by atoms with Crippen molar-refractivity contribution in [2.75, 3.05) is 25.9 Å². The van der Waals surface area contributed by atoms with Crippen LogP contribution in [0.1, 0.15) is 26.2 Å². The maximum Gasteiger partial charge on any atom is 0.214 e. The summed E-state index contributed by atoms with van der Waals surface area (Å²) >= 11 is 5.03. The van der Waals surface area contributed by atoms with Crippen LogP contribution in [0.25, 0.3) is 0 Å². The molecule has 1 aliphatic heterocycles. The summed E-state index contributed by atoms with van der Waals surface area (Å²) in [6.07, 6.45) is 2.29. The van der Waals surface area contributed by atoms with Crippen LogP contribution in [-0.2, 0) is 10.0 Å². The van der Waals surface area contributed by atoms with Gasteiger partial charge >= 0.3 is 0 Å². The zero-order chi connectivity index (χ0) is 12.9. The Balaban J connectivity index is 2.43. The number of hydrogen-bond acceptors (Lipinski definition) is 3. The normalized spacial score (nSPS) is 18.9. The van der Waals surface area contributed by atoms with Crippen molar-refractivity contribution in [1.82, 2.24) is 14.9 Å². The van der Waals surface area contributed by atoms with Crippen LogP contribution < -0.4 is 10.6 Å². The Kier molecular flexibility index (Phi) is 5.61. The van der Waals surface area contributed by atoms with Crippen LogP contribution in [0.4, 0.5) is 0 Å². The van der Waals surface area contributed by atoms with E-state index in [2.05, 4.69) is 10.6 Å². The molecule has 100 valence electrons. The van der Waals surface area contributed by atoms with Crippen LogP contribution in [0.15, 0.2) is 0 Å². The average Bonchev–Trinajstić information content (AvgIpc) is 2.29. The predicted molar refractivity (Wildman–Crippen MR) is 73.5 cm³/mol. The SMILES string of the molecule is CCCS(=O)(=O)N1CCC(NC(=S)NC)CC1. The quantitative estimate of drug-likeness (QED) is 0.724. The van der Waals surface area contributed by atoms with Crippen LogP contribution in [0.3, 0.4) is 0 Å². The Morgan fingerprint density at radius 3 is 2.47 bits per heavy atom. The molecule has 2 N–H and O–H groups in total. The molecule has 1 saturated heterocycles. The fraction of sp³-hybridized carbons (Fsp3) is 0.900. The lowest BCUT2D eigenvalue weighted by Gasteiger charge is -2.32. The molecular formula is C10H21N3O2S2. The van der Waals surface area contributed by atoms with Crippen molar-refractivity contribution >= 4 is 27.4 Å². The number of rotatable bonds is 4. The van der Waals surface area contributed by atoms with E-state index in [1.807, 2.05) is 6.92 Å². The minimum atomic E-state index is -3.03. The van der Waals surface area contributed by atoms with E-state index in [9.17, 15) is 8.42 Å². The van der Waals surface area contributed by atoms with Crippen LogP contribution in [0, 0.1) is 0 Å². The number of sulfonamides is 1. The summed E-state index contributed by atoms with van der Waals surface area (Å²) in [4.78, 5) is 0. The first-order chi connectivity index (χ1) is 7.99. The first kappa shape index (κ1) is 14.7. The second-order valence-corrected chi connectivity index (χ2v) is 6.71. The third kappa shape index (κ3) is 4.40. The molecule has 0 aromatic heterocycles. The fourth-order valence-corrected chi connectivity index (χ4v) is 3.63. The summed E-state index contributed by atoms with van der Waals surface area (Å²) in [5.74, 6) is 0.250. The van der Waals surface area contributed by atoms with Crippen molar-refractivity contribution in [3.8, 4) is 0 Å². The minimum Gasteiger partial charge on any atom is -0.366 e. The summed E-state index contributed by atoms with van der Waals surface area (Å²) < 4.78 is 25.3. The first-order valence-electron chi connectivity index (χ1n) is 5.95. The Morgan fingerprint density at radius 2 is 2.00 bits per heavy atom. The Bertz CT molecular complexity index is 349. The van der Waals surface area contributed by atoms with Gasteiger partial charge in [0.05, 0.1) is 5.75 Å². The van der Waals surface area contributed by atoms with Crippen LogP contribution >= 0.6 is 12.2 Å². The molecule has 0 bridgehead atoms. The first-order valence-corrected chi connectivity index (χ1v) is 7.97. The zero-order valence-corrected chi connectivity index (χ0v) is 12.0. The predicted octanol–water partition coefficient (Wildman–Crippen LogP) is 0.285. The average molecular weight is 279 g/mol. The number of nitrogens with zero attached hydrogens (tertiary/aromatic N) is 1. The molecule has 0 spiro atoms. The lowest BCUT2D eigenvalue weighted by Crippen LogP contribution is -2.48. The van der Waals surface area contributed by atoms with Gasteiger partial charge in [-0.3, -0.25) is 0 Å². The maximum atomic E-state index is 11.8. The molecule has 1 heterocycles. The van der Waals surface area contributed by atoms with E-state index in [4.69, 9.17) is 12.2 Å². The van der Waals surface area contributed by atoms with Gasteiger partial charge in [0.25, 0.3) is 0 Å². The Hall–Kier alpha value is -0.400.